The lowest BCUT2D eigenvalue weighted by molar-refractivity contribution is -0.140. The fraction of sp³-hybridized carbons (Fsp3) is 0.429. The molecule has 1 amide bonds. The van der Waals surface area contributed by atoms with Crippen LogP contribution >= 0.6 is 11.8 Å². The number of rotatable bonds is 4. The predicted octanol–water partition coefficient (Wildman–Crippen LogP) is 2.65. The second-order valence-electron chi connectivity index (χ2n) is 4.97. The number of carbonyl (C=O) groups excluding carboxylic acids is 1. The van der Waals surface area contributed by atoms with Gasteiger partial charge in [-0.05, 0) is 31.5 Å². The Kier molecular flexibility index (Phi) is 4.32. The smallest absolute Gasteiger partial charge is 0.305 e. The maximum atomic E-state index is 13.0. The minimum absolute atomic E-state index is 0.0381. The van der Waals surface area contributed by atoms with E-state index in [4.69, 9.17) is 5.11 Å². The molecular weight excluding hydrogens is 281 g/mol. The van der Waals surface area contributed by atoms with E-state index in [-0.39, 0.29) is 29.6 Å². The van der Waals surface area contributed by atoms with Crippen molar-refractivity contribution in [3.05, 3.63) is 35.6 Å². The first-order valence-corrected chi connectivity index (χ1v) is 7.29. The zero-order valence-electron chi connectivity index (χ0n) is 11.2. The molecule has 1 fully saturated rings. The Morgan fingerprint density at radius 1 is 1.40 bits per heavy atom. The van der Waals surface area contributed by atoms with E-state index in [0.29, 0.717) is 0 Å². The molecule has 4 nitrogen and oxygen atoms in total. The molecule has 20 heavy (non-hydrogen) atoms. The Balaban J connectivity index is 2.28. The summed E-state index contributed by atoms with van der Waals surface area (Å²) in [6, 6.07) is 5.94. The molecule has 0 saturated carbocycles. The Morgan fingerprint density at radius 2 is 2.00 bits per heavy atom. The molecule has 2 rings (SSSR count). The highest BCUT2D eigenvalue weighted by atomic mass is 32.2. The summed E-state index contributed by atoms with van der Waals surface area (Å²) < 4.78 is 13.0. The van der Waals surface area contributed by atoms with E-state index in [9.17, 15) is 14.0 Å². The molecular formula is C14H16FNO3S. The highest BCUT2D eigenvalue weighted by molar-refractivity contribution is 8.01. The summed E-state index contributed by atoms with van der Waals surface area (Å²) in [5, 5.41) is 8.04. The van der Waals surface area contributed by atoms with Crippen LogP contribution in [-0.2, 0) is 9.59 Å². The third kappa shape index (κ3) is 2.95. The minimum Gasteiger partial charge on any atom is -0.481 e. The summed E-state index contributed by atoms with van der Waals surface area (Å²) in [6.07, 6.45) is -0.190. The van der Waals surface area contributed by atoms with Gasteiger partial charge in [-0.25, -0.2) is 4.39 Å². The molecule has 1 heterocycles. The SMILES string of the molecule is CC(C)N1C(=O)C(CC(=O)O)SC1c1ccc(F)cc1. The number of thioether (sulfide) groups is 1. The molecule has 1 saturated heterocycles. The second kappa shape index (κ2) is 5.83. The second-order valence-corrected chi connectivity index (χ2v) is 6.25. The number of aliphatic carboxylic acids is 1. The molecule has 1 aliphatic rings. The van der Waals surface area contributed by atoms with Gasteiger partial charge in [-0.3, -0.25) is 9.59 Å². The molecule has 1 aromatic rings. The molecule has 0 aromatic heterocycles. The largest absolute Gasteiger partial charge is 0.481 e. The number of benzene rings is 1. The summed E-state index contributed by atoms with van der Waals surface area (Å²) >= 11 is 1.32. The maximum absolute atomic E-state index is 13.0. The van der Waals surface area contributed by atoms with E-state index in [0.717, 1.165) is 5.56 Å². The Bertz CT molecular complexity index is 518. The van der Waals surface area contributed by atoms with Gasteiger partial charge in [0, 0.05) is 6.04 Å². The van der Waals surface area contributed by atoms with E-state index in [2.05, 4.69) is 0 Å². The first kappa shape index (κ1) is 14.8. The van der Waals surface area contributed by atoms with Crippen LogP contribution in [0.5, 0.6) is 0 Å². The Morgan fingerprint density at radius 3 is 2.50 bits per heavy atom. The summed E-state index contributed by atoms with van der Waals surface area (Å²) in [5.41, 5.74) is 0.811. The zero-order valence-corrected chi connectivity index (χ0v) is 12.1. The van der Waals surface area contributed by atoms with Gasteiger partial charge in [0.05, 0.1) is 11.7 Å². The zero-order chi connectivity index (χ0) is 14.9. The van der Waals surface area contributed by atoms with E-state index in [1.807, 2.05) is 13.8 Å². The number of nitrogens with zero attached hydrogens (tertiary/aromatic N) is 1. The molecule has 1 aliphatic heterocycles. The van der Waals surface area contributed by atoms with Gasteiger partial charge < -0.3 is 10.0 Å². The third-order valence-electron chi connectivity index (χ3n) is 3.15. The van der Waals surface area contributed by atoms with Crippen molar-refractivity contribution in [3.63, 3.8) is 0 Å². The summed E-state index contributed by atoms with van der Waals surface area (Å²) in [6.45, 7) is 3.77. The molecule has 6 heteroatoms. The summed E-state index contributed by atoms with van der Waals surface area (Å²) in [7, 11) is 0. The first-order chi connectivity index (χ1) is 9.40. The number of hydrogen-bond acceptors (Lipinski definition) is 3. The molecule has 1 aromatic carbocycles. The van der Waals surface area contributed by atoms with E-state index < -0.39 is 11.2 Å². The van der Waals surface area contributed by atoms with Crippen LogP contribution in [0.25, 0.3) is 0 Å². The molecule has 0 radical (unpaired) electrons. The molecule has 0 bridgehead atoms. The number of carboxylic acid groups (broad SMARTS) is 1. The van der Waals surface area contributed by atoms with Crippen LogP contribution in [0.4, 0.5) is 4.39 Å². The monoisotopic (exact) mass is 297 g/mol. The van der Waals surface area contributed by atoms with Crippen molar-refractivity contribution < 1.29 is 19.1 Å². The molecule has 0 aliphatic carbocycles. The highest BCUT2D eigenvalue weighted by Gasteiger charge is 2.42. The average molecular weight is 297 g/mol. The van der Waals surface area contributed by atoms with Crippen LogP contribution in [0.3, 0.4) is 0 Å². The van der Waals surface area contributed by atoms with Gasteiger partial charge in [0.2, 0.25) is 5.91 Å². The van der Waals surface area contributed by atoms with Gasteiger partial charge in [0.1, 0.15) is 11.2 Å². The number of hydrogen-bond donors (Lipinski definition) is 1. The summed E-state index contributed by atoms with van der Waals surface area (Å²) in [4.78, 5) is 24.8. The fourth-order valence-corrected chi connectivity index (χ4v) is 3.83. The van der Waals surface area contributed by atoms with Gasteiger partial charge in [-0.15, -0.1) is 11.8 Å². The normalized spacial score (nSPS) is 22.6. The fourth-order valence-electron chi connectivity index (χ4n) is 2.25. The molecule has 0 spiro atoms. The summed E-state index contributed by atoms with van der Waals surface area (Å²) in [5.74, 6) is -1.48. The van der Waals surface area contributed by atoms with Crippen molar-refractivity contribution in [1.82, 2.24) is 4.90 Å². The van der Waals surface area contributed by atoms with Crippen LogP contribution in [0.2, 0.25) is 0 Å². The predicted molar refractivity (Wildman–Crippen MR) is 74.8 cm³/mol. The first-order valence-electron chi connectivity index (χ1n) is 6.35. The number of amides is 1. The number of carbonyl (C=O) groups is 2. The average Bonchev–Trinajstić information content (AvgIpc) is 2.67. The van der Waals surface area contributed by atoms with Crippen LogP contribution in [0.1, 0.15) is 31.2 Å². The van der Waals surface area contributed by atoms with Crippen molar-refractivity contribution in [2.75, 3.05) is 0 Å². The quantitative estimate of drug-likeness (QED) is 0.928. The van der Waals surface area contributed by atoms with Crippen molar-refractivity contribution in [1.29, 1.82) is 0 Å². The third-order valence-corrected chi connectivity index (χ3v) is 4.60. The standard InChI is InChI=1S/C14H16FNO3S/c1-8(2)16-13(19)11(7-12(17)18)20-14(16)9-3-5-10(15)6-4-9/h3-6,8,11,14H,7H2,1-2H3,(H,17,18). The number of halogens is 1. The van der Waals surface area contributed by atoms with E-state index >= 15 is 0 Å². The van der Waals surface area contributed by atoms with Crippen molar-refractivity contribution in [2.24, 2.45) is 0 Å². The lowest BCUT2D eigenvalue weighted by Crippen LogP contribution is -2.37. The van der Waals surface area contributed by atoms with Crippen LogP contribution < -0.4 is 0 Å². The van der Waals surface area contributed by atoms with Crippen molar-refractivity contribution >= 4 is 23.6 Å². The lowest BCUT2D eigenvalue weighted by atomic mass is 10.1. The van der Waals surface area contributed by atoms with Gasteiger partial charge in [0.15, 0.2) is 0 Å². The topological polar surface area (TPSA) is 57.6 Å². The van der Waals surface area contributed by atoms with Gasteiger partial charge in [-0.2, -0.15) is 0 Å². The Hall–Kier alpha value is -1.56. The van der Waals surface area contributed by atoms with Crippen LogP contribution in [0.15, 0.2) is 24.3 Å². The van der Waals surface area contributed by atoms with Gasteiger partial charge >= 0.3 is 5.97 Å². The van der Waals surface area contributed by atoms with Crippen LogP contribution in [0, 0.1) is 5.82 Å². The van der Waals surface area contributed by atoms with Crippen molar-refractivity contribution in [2.45, 2.75) is 36.9 Å². The molecule has 1 N–H and O–H groups in total. The molecule has 108 valence electrons. The lowest BCUT2D eigenvalue weighted by Gasteiger charge is -2.28. The van der Waals surface area contributed by atoms with Crippen LogP contribution in [-0.4, -0.2) is 33.2 Å². The minimum atomic E-state index is -0.987. The van der Waals surface area contributed by atoms with Gasteiger partial charge in [0.25, 0.3) is 0 Å². The maximum Gasteiger partial charge on any atom is 0.305 e. The van der Waals surface area contributed by atoms with E-state index in [1.165, 1.54) is 23.9 Å². The van der Waals surface area contributed by atoms with E-state index in [1.54, 1.807) is 17.0 Å². The van der Waals surface area contributed by atoms with Gasteiger partial charge in [-0.1, -0.05) is 12.1 Å². The highest BCUT2D eigenvalue weighted by Crippen LogP contribution is 2.45. The molecule has 2 unspecified atom stereocenters. The Labute approximate surface area is 121 Å². The molecule has 2 atom stereocenters. The number of carboxylic acids is 1. The van der Waals surface area contributed by atoms with Crippen molar-refractivity contribution in [3.8, 4) is 0 Å².